The van der Waals surface area contributed by atoms with Gasteiger partial charge in [0, 0.05) is 23.6 Å². The van der Waals surface area contributed by atoms with Gasteiger partial charge in [0.25, 0.3) is 5.91 Å². The van der Waals surface area contributed by atoms with Gasteiger partial charge in [0.15, 0.2) is 11.5 Å². The van der Waals surface area contributed by atoms with Crippen LogP contribution in [0.3, 0.4) is 0 Å². The fraction of sp³-hybridized carbons (Fsp3) is 0.120. The highest BCUT2D eigenvalue weighted by atomic mass is 16.7. The number of hydrogen-bond donors (Lipinski definition) is 2. The molecule has 0 spiro atoms. The number of ether oxygens (including phenoxy) is 2. The summed E-state index contributed by atoms with van der Waals surface area (Å²) in [5.74, 6) is 1.86. The van der Waals surface area contributed by atoms with E-state index >= 15 is 0 Å². The van der Waals surface area contributed by atoms with Crippen molar-refractivity contribution in [3.63, 3.8) is 0 Å². The third-order valence-corrected chi connectivity index (χ3v) is 5.24. The summed E-state index contributed by atoms with van der Waals surface area (Å²) in [6.45, 7) is 2.25. The number of rotatable bonds is 6. The lowest BCUT2D eigenvalue weighted by Gasteiger charge is -2.16. The van der Waals surface area contributed by atoms with Gasteiger partial charge in [-0.15, -0.1) is 0 Å². The van der Waals surface area contributed by atoms with Crippen LogP contribution in [0, 0.1) is 0 Å². The Kier molecular flexibility index (Phi) is 5.55. The number of fused-ring (bicyclic) bond motifs is 1. The van der Waals surface area contributed by atoms with Gasteiger partial charge in [-0.3, -0.25) is 14.8 Å². The van der Waals surface area contributed by atoms with Gasteiger partial charge in [-0.25, -0.2) is 4.98 Å². The van der Waals surface area contributed by atoms with Crippen molar-refractivity contribution in [3.05, 3.63) is 90.5 Å². The highest BCUT2D eigenvalue weighted by Gasteiger charge is 2.15. The number of amides is 1. The van der Waals surface area contributed by atoms with E-state index < -0.39 is 0 Å². The second-order valence-electron chi connectivity index (χ2n) is 7.54. The number of aromatic nitrogens is 3. The quantitative estimate of drug-likeness (QED) is 0.450. The van der Waals surface area contributed by atoms with Crippen LogP contribution in [0.25, 0.3) is 11.3 Å². The van der Waals surface area contributed by atoms with Crippen molar-refractivity contribution in [2.24, 2.45) is 0 Å². The summed E-state index contributed by atoms with van der Waals surface area (Å²) >= 11 is 0. The predicted molar refractivity (Wildman–Crippen MR) is 124 cm³/mol. The maximum atomic E-state index is 12.4. The third-order valence-electron chi connectivity index (χ3n) is 5.24. The molecule has 1 aliphatic heterocycles. The molecule has 3 heterocycles. The lowest BCUT2D eigenvalue weighted by atomic mass is 10.1. The maximum Gasteiger partial charge on any atom is 0.257 e. The van der Waals surface area contributed by atoms with Crippen molar-refractivity contribution in [3.8, 4) is 22.8 Å². The van der Waals surface area contributed by atoms with Crippen LogP contribution in [0.4, 0.5) is 11.5 Å². The fourth-order valence-corrected chi connectivity index (χ4v) is 3.52. The Labute approximate surface area is 190 Å². The zero-order valence-corrected chi connectivity index (χ0v) is 17.9. The molecular weight excluding hydrogens is 418 g/mol. The van der Waals surface area contributed by atoms with Crippen molar-refractivity contribution in [2.75, 3.05) is 17.4 Å². The van der Waals surface area contributed by atoms with Gasteiger partial charge >= 0.3 is 0 Å². The lowest BCUT2D eigenvalue weighted by molar-refractivity contribution is 0.102. The van der Waals surface area contributed by atoms with Crippen LogP contribution in [0.15, 0.2) is 79.4 Å². The number of hydrogen-bond acceptors (Lipinski definition) is 7. The normalized spacial score (nSPS) is 12.8. The molecule has 0 saturated heterocycles. The van der Waals surface area contributed by atoms with Gasteiger partial charge < -0.3 is 20.1 Å². The van der Waals surface area contributed by atoms with Gasteiger partial charge in [-0.05, 0) is 55.0 Å². The Balaban J connectivity index is 1.30. The van der Waals surface area contributed by atoms with E-state index in [1.807, 2.05) is 49.4 Å². The fourth-order valence-electron chi connectivity index (χ4n) is 3.52. The number of pyridine rings is 1. The topological polar surface area (TPSA) is 98.3 Å². The van der Waals surface area contributed by atoms with Gasteiger partial charge in [0.2, 0.25) is 6.79 Å². The number of nitrogens with one attached hydrogen (secondary N) is 2. The van der Waals surface area contributed by atoms with Crippen LogP contribution < -0.4 is 20.1 Å². The van der Waals surface area contributed by atoms with Crippen molar-refractivity contribution < 1.29 is 14.3 Å². The largest absolute Gasteiger partial charge is 0.454 e. The molecule has 2 aromatic carbocycles. The van der Waals surface area contributed by atoms with Crippen LogP contribution in [-0.2, 0) is 0 Å². The Hall–Kier alpha value is -4.46. The summed E-state index contributed by atoms with van der Waals surface area (Å²) in [4.78, 5) is 25.4. The molecule has 0 unspecified atom stereocenters. The SMILES string of the molecule is C[C@H](Nc1cncc(-c2ccc3c(c2)OCO3)n1)c1cccc(NC(=O)c2cccnc2)c1. The van der Waals surface area contributed by atoms with Crippen molar-refractivity contribution >= 4 is 17.4 Å². The maximum absolute atomic E-state index is 12.4. The molecule has 0 saturated carbocycles. The number of nitrogens with zero attached hydrogens (tertiary/aromatic N) is 3. The Morgan fingerprint density at radius 2 is 1.88 bits per heavy atom. The van der Waals surface area contributed by atoms with Crippen LogP contribution in [0.2, 0.25) is 0 Å². The molecule has 1 aliphatic rings. The van der Waals surface area contributed by atoms with E-state index in [4.69, 9.17) is 14.5 Å². The first-order valence-electron chi connectivity index (χ1n) is 10.5. The summed E-state index contributed by atoms with van der Waals surface area (Å²) in [7, 11) is 0. The second kappa shape index (κ2) is 8.96. The highest BCUT2D eigenvalue weighted by molar-refractivity contribution is 6.04. The smallest absolute Gasteiger partial charge is 0.257 e. The van der Waals surface area contributed by atoms with Crippen LogP contribution in [0.5, 0.6) is 11.5 Å². The van der Waals surface area contributed by atoms with E-state index in [1.54, 1.807) is 30.7 Å². The minimum absolute atomic E-state index is 0.0680. The monoisotopic (exact) mass is 439 g/mol. The molecule has 2 aromatic heterocycles. The van der Waals surface area contributed by atoms with E-state index in [0.29, 0.717) is 22.8 Å². The molecular formula is C25H21N5O3. The standard InChI is InChI=1S/C25H21N5O3/c1-16(17-4-2-6-20(10-17)29-25(31)19-5-3-9-26-12-19)28-24-14-27-13-21(30-24)18-7-8-22-23(11-18)33-15-32-22/h2-14,16H,15H2,1H3,(H,28,30)(H,29,31)/t16-/m0/s1. The first kappa shape index (κ1) is 20.4. The molecule has 0 bridgehead atoms. The molecule has 1 atom stereocenters. The zero-order valence-electron chi connectivity index (χ0n) is 17.9. The summed E-state index contributed by atoms with van der Waals surface area (Å²) in [6, 6.07) is 16.8. The van der Waals surface area contributed by atoms with E-state index in [9.17, 15) is 4.79 Å². The molecule has 5 rings (SSSR count). The molecule has 0 radical (unpaired) electrons. The summed E-state index contributed by atoms with van der Waals surface area (Å²) in [5, 5.41) is 6.29. The number of benzene rings is 2. The van der Waals surface area contributed by atoms with E-state index in [1.165, 1.54) is 6.20 Å². The summed E-state index contributed by atoms with van der Waals surface area (Å²) in [6.07, 6.45) is 6.56. The third kappa shape index (κ3) is 4.59. The Morgan fingerprint density at radius 3 is 2.76 bits per heavy atom. The van der Waals surface area contributed by atoms with Crippen LogP contribution in [-0.4, -0.2) is 27.7 Å². The van der Waals surface area contributed by atoms with Crippen LogP contribution in [0.1, 0.15) is 28.9 Å². The van der Waals surface area contributed by atoms with Gasteiger partial charge in [-0.2, -0.15) is 0 Å². The molecule has 8 heteroatoms. The molecule has 33 heavy (non-hydrogen) atoms. The van der Waals surface area contributed by atoms with E-state index in [0.717, 1.165) is 22.6 Å². The van der Waals surface area contributed by atoms with E-state index in [2.05, 4.69) is 20.6 Å². The minimum atomic E-state index is -0.205. The molecule has 1 amide bonds. The average Bonchev–Trinajstić information content (AvgIpc) is 3.33. The summed E-state index contributed by atoms with van der Waals surface area (Å²) < 4.78 is 10.8. The molecule has 0 aliphatic carbocycles. The van der Waals surface area contributed by atoms with Crippen molar-refractivity contribution in [2.45, 2.75) is 13.0 Å². The predicted octanol–water partition coefficient (Wildman–Crippen LogP) is 4.69. The zero-order chi connectivity index (χ0) is 22.6. The Morgan fingerprint density at radius 1 is 0.970 bits per heavy atom. The number of anilines is 2. The first-order valence-corrected chi connectivity index (χ1v) is 10.5. The van der Waals surface area contributed by atoms with Crippen LogP contribution >= 0.6 is 0 Å². The average molecular weight is 439 g/mol. The molecule has 8 nitrogen and oxygen atoms in total. The van der Waals surface area contributed by atoms with E-state index in [-0.39, 0.29) is 18.7 Å². The molecule has 2 N–H and O–H groups in total. The second-order valence-corrected chi connectivity index (χ2v) is 7.54. The van der Waals surface area contributed by atoms with Gasteiger partial charge in [0.05, 0.1) is 29.7 Å². The minimum Gasteiger partial charge on any atom is -0.454 e. The van der Waals surface area contributed by atoms with Crippen molar-refractivity contribution in [1.29, 1.82) is 0 Å². The summed E-state index contributed by atoms with van der Waals surface area (Å²) in [5.41, 5.74) is 3.82. The van der Waals surface area contributed by atoms with Gasteiger partial charge in [-0.1, -0.05) is 12.1 Å². The highest BCUT2D eigenvalue weighted by Crippen LogP contribution is 2.35. The molecule has 0 fully saturated rings. The lowest BCUT2D eigenvalue weighted by Crippen LogP contribution is -2.13. The number of carbonyl (C=O) groups excluding carboxylic acids is 1. The first-order chi connectivity index (χ1) is 16.2. The van der Waals surface area contributed by atoms with Gasteiger partial charge in [0.1, 0.15) is 5.82 Å². The molecule has 4 aromatic rings. The number of carbonyl (C=O) groups is 1. The van der Waals surface area contributed by atoms with Crippen molar-refractivity contribution in [1.82, 2.24) is 15.0 Å². The Bertz CT molecular complexity index is 1300. The molecule has 164 valence electrons.